The third kappa shape index (κ3) is 1.97. The van der Waals surface area contributed by atoms with Crippen LogP contribution in [0.4, 0.5) is 5.82 Å². The summed E-state index contributed by atoms with van der Waals surface area (Å²) in [7, 11) is 0. The number of aliphatic hydroxyl groups excluding tert-OH is 1. The molecule has 0 aromatic carbocycles. The molecular weight excluding hydrogens is 152 g/mol. The van der Waals surface area contributed by atoms with Crippen molar-refractivity contribution < 1.29 is 5.11 Å². The number of aliphatic hydroxyl groups is 1. The van der Waals surface area contributed by atoms with Crippen molar-refractivity contribution in [1.82, 2.24) is 4.98 Å². The van der Waals surface area contributed by atoms with Gasteiger partial charge < -0.3 is 10.8 Å². The largest absolute Gasteiger partial charge is 0.384 e. The summed E-state index contributed by atoms with van der Waals surface area (Å²) in [5.41, 5.74) is 7.19. The Morgan fingerprint density at radius 2 is 2.42 bits per heavy atom. The standard InChI is InChI=1S/C9H10N2O/c1-7-5-8(3-2-4-12)6-11-9(7)10/h5-6,12H,4H2,1H3,(H2,10,11). The van der Waals surface area contributed by atoms with Crippen LogP contribution in [0.2, 0.25) is 0 Å². The number of aryl methyl sites for hydroxylation is 1. The number of aromatic nitrogens is 1. The zero-order valence-electron chi connectivity index (χ0n) is 6.83. The Labute approximate surface area is 71.2 Å². The van der Waals surface area contributed by atoms with Crippen LogP contribution >= 0.6 is 0 Å². The van der Waals surface area contributed by atoms with E-state index in [1.165, 1.54) is 0 Å². The molecule has 1 aromatic heterocycles. The van der Waals surface area contributed by atoms with Crippen molar-refractivity contribution in [3.63, 3.8) is 0 Å². The summed E-state index contributed by atoms with van der Waals surface area (Å²) in [4.78, 5) is 3.93. The summed E-state index contributed by atoms with van der Waals surface area (Å²) in [6.07, 6.45) is 1.59. The van der Waals surface area contributed by atoms with Gasteiger partial charge in [-0.1, -0.05) is 11.8 Å². The van der Waals surface area contributed by atoms with E-state index in [2.05, 4.69) is 16.8 Å². The summed E-state index contributed by atoms with van der Waals surface area (Å²) >= 11 is 0. The fraction of sp³-hybridized carbons (Fsp3) is 0.222. The molecule has 0 aliphatic heterocycles. The molecule has 0 bridgehead atoms. The van der Waals surface area contributed by atoms with Gasteiger partial charge in [0.15, 0.2) is 0 Å². The van der Waals surface area contributed by atoms with Gasteiger partial charge in [0.2, 0.25) is 0 Å². The number of anilines is 1. The van der Waals surface area contributed by atoms with Crippen LogP contribution in [0.15, 0.2) is 12.3 Å². The number of hydrogen-bond acceptors (Lipinski definition) is 3. The number of hydrogen-bond donors (Lipinski definition) is 2. The molecule has 1 heterocycles. The predicted octanol–water partition coefficient (Wildman–Crippen LogP) is 0.316. The summed E-state index contributed by atoms with van der Waals surface area (Å²) < 4.78 is 0. The van der Waals surface area contributed by atoms with Gasteiger partial charge in [-0.2, -0.15) is 0 Å². The number of rotatable bonds is 0. The first-order valence-corrected chi connectivity index (χ1v) is 3.56. The molecule has 1 aromatic rings. The van der Waals surface area contributed by atoms with Gasteiger partial charge in [0.25, 0.3) is 0 Å². The van der Waals surface area contributed by atoms with Gasteiger partial charge in [0, 0.05) is 11.8 Å². The third-order valence-electron chi connectivity index (χ3n) is 1.43. The highest BCUT2D eigenvalue weighted by molar-refractivity contribution is 5.44. The van der Waals surface area contributed by atoms with Crippen molar-refractivity contribution in [3.8, 4) is 11.8 Å². The Morgan fingerprint density at radius 3 is 3.00 bits per heavy atom. The second-order valence-corrected chi connectivity index (χ2v) is 2.39. The van der Waals surface area contributed by atoms with E-state index in [-0.39, 0.29) is 6.61 Å². The van der Waals surface area contributed by atoms with Crippen LogP contribution in [0.5, 0.6) is 0 Å². The van der Waals surface area contributed by atoms with Crippen molar-refractivity contribution >= 4 is 5.82 Å². The molecule has 3 N–H and O–H groups in total. The lowest BCUT2D eigenvalue weighted by molar-refractivity contribution is 0.350. The zero-order valence-corrected chi connectivity index (χ0v) is 6.83. The Balaban J connectivity index is 2.97. The van der Waals surface area contributed by atoms with Crippen molar-refractivity contribution in [2.24, 2.45) is 0 Å². The van der Waals surface area contributed by atoms with E-state index in [1.54, 1.807) is 6.20 Å². The molecule has 0 unspecified atom stereocenters. The molecule has 12 heavy (non-hydrogen) atoms. The average Bonchev–Trinajstić information content (AvgIpc) is 2.07. The molecule has 0 radical (unpaired) electrons. The molecule has 0 saturated heterocycles. The Kier molecular flexibility index (Phi) is 2.67. The molecule has 0 aliphatic rings. The number of nitrogens with zero attached hydrogens (tertiary/aromatic N) is 1. The van der Waals surface area contributed by atoms with Gasteiger partial charge >= 0.3 is 0 Å². The predicted molar refractivity (Wildman–Crippen MR) is 47.4 cm³/mol. The minimum absolute atomic E-state index is 0.135. The van der Waals surface area contributed by atoms with Gasteiger partial charge in [-0.15, -0.1) is 0 Å². The van der Waals surface area contributed by atoms with Gasteiger partial charge in [-0.25, -0.2) is 4.98 Å². The van der Waals surface area contributed by atoms with E-state index in [0.29, 0.717) is 5.82 Å². The van der Waals surface area contributed by atoms with E-state index in [0.717, 1.165) is 11.1 Å². The van der Waals surface area contributed by atoms with Crippen LogP contribution < -0.4 is 5.73 Å². The van der Waals surface area contributed by atoms with Crippen molar-refractivity contribution in [1.29, 1.82) is 0 Å². The van der Waals surface area contributed by atoms with E-state index in [9.17, 15) is 0 Å². The fourth-order valence-corrected chi connectivity index (χ4v) is 0.795. The van der Waals surface area contributed by atoms with Crippen LogP contribution in [0.3, 0.4) is 0 Å². The maximum absolute atomic E-state index is 8.43. The highest BCUT2D eigenvalue weighted by Gasteiger charge is 1.93. The van der Waals surface area contributed by atoms with Crippen molar-refractivity contribution in [2.75, 3.05) is 12.3 Å². The maximum atomic E-state index is 8.43. The van der Waals surface area contributed by atoms with Gasteiger partial charge in [0.1, 0.15) is 12.4 Å². The molecule has 3 nitrogen and oxygen atoms in total. The van der Waals surface area contributed by atoms with Crippen LogP contribution in [0, 0.1) is 18.8 Å². The monoisotopic (exact) mass is 162 g/mol. The molecule has 1 rings (SSSR count). The minimum atomic E-state index is -0.135. The highest BCUT2D eigenvalue weighted by atomic mass is 16.2. The highest BCUT2D eigenvalue weighted by Crippen LogP contribution is 2.07. The topological polar surface area (TPSA) is 59.1 Å². The molecule has 0 fully saturated rings. The smallest absolute Gasteiger partial charge is 0.126 e. The van der Waals surface area contributed by atoms with Crippen LogP contribution in [0.1, 0.15) is 11.1 Å². The van der Waals surface area contributed by atoms with Crippen molar-refractivity contribution in [2.45, 2.75) is 6.92 Å². The van der Waals surface area contributed by atoms with Crippen LogP contribution in [-0.2, 0) is 0 Å². The number of nitrogen functional groups attached to an aromatic ring is 1. The minimum Gasteiger partial charge on any atom is -0.384 e. The lowest BCUT2D eigenvalue weighted by atomic mass is 10.2. The van der Waals surface area contributed by atoms with Gasteiger partial charge in [-0.3, -0.25) is 0 Å². The van der Waals surface area contributed by atoms with Crippen LogP contribution in [0.25, 0.3) is 0 Å². The SMILES string of the molecule is Cc1cc(C#CCO)cnc1N. The zero-order chi connectivity index (χ0) is 8.97. The molecule has 0 atom stereocenters. The quantitative estimate of drug-likeness (QED) is 0.540. The van der Waals surface area contributed by atoms with Gasteiger partial charge in [0.05, 0.1) is 0 Å². The molecule has 0 saturated carbocycles. The summed E-state index contributed by atoms with van der Waals surface area (Å²) in [6, 6.07) is 1.84. The molecule has 62 valence electrons. The molecule has 0 aliphatic carbocycles. The third-order valence-corrected chi connectivity index (χ3v) is 1.43. The van der Waals surface area contributed by atoms with E-state index in [4.69, 9.17) is 10.8 Å². The van der Waals surface area contributed by atoms with Crippen molar-refractivity contribution in [3.05, 3.63) is 23.4 Å². The Bertz CT molecular complexity index is 336. The average molecular weight is 162 g/mol. The Morgan fingerprint density at radius 1 is 1.67 bits per heavy atom. The first-order valence-electron chi connectivity index (χ1n) is 3.56. The fourth-order valence-electron chi connectivity index (χ4n) is 0.795. The van der Waals surface area contributed by atoms with E-state index < -0.39 is 0 Å². The van der Waals surface area contributed by atoms with Crippen LogP contribution in [-0.4, -0.2) is 16.7 Å². The molecule has 3 heteroatoms. The Hall–Kier alpha value is -1.53. The number of pyridine rings is 1. The first-order chi connectivity index (χ1) is 5.74. The van der Waals surface area contributed by atoms with Gasteiger partial charge in [-0.05, 0) is 18.6 Å². The molecule has 0 spiro atoms. The first kappa shape index (κ1) is 8.57. The molecule has 0 amide bonds. The maximum Gasteiger partial charge on any atom is 0.126 e. The second kappa shape index (κ2) is 3.74. The van der Waals surface area contributed by atoms with E-state index in [1.807, 2.05) is 13.0 Å². The van der Waals surface area contributed by atoms with E-state index >= 15 is 0 Å². The summed E-state index contributed by atoms with van der Waals surface area (Å²) in [5.74, 6) is 5.80. The number of nitrogens with two attached hydrogens (primary N) is 1. The molecular formula is C9H10N2O. The summed E-state index contributed by atoms with van der Waals surface area (Å²) in [6.45, 7) is 1.73. The summed E-state index contributed by atoms with van der Waals surface area (Å²) in [5, 5.41) is 8.43. The normalized spacial score (nSPS) is 8.83. The second-order valence-electron chi connectivity index (χ2n) is 2.39. The lowest BCUT2D eigenvalue weighted by Crippen LogP contribution is -1.93. The lowest BCUT2D eigenvalue weighted by Gasteiger charge is -1.97.